The molecule has 0 radical (unpaired) electrons. The van der Waals surface area contributed by atoms with Gasteiger partial charge < -0.3 is 15.0 Å². The summed E-state index contributed by atoms with van der Waals surface area (Å²) >= 11 is 1.49. The van der Waals surface area contributed by atoms with Gasteiger partial charge in [0.25, 0.3) is 5.91 Å². The Kier molecular flexibility index (Phi) is 5.25. The molecular weight excluding hydrogens is 414 g/mol. The highest BCUT2D eigenvalue weighted by atomic mass is 32.1. The maximum Gasteiger partial charge on any atom is 0.253 e. The van der Waals surface area contributed by atoms with Crippen molar-refractivity contribution < 1.29 is 19.1 Å². The fraction of sp³-hybridized carbons (Fsp3) is 0.304. The van der Waals surface area contributed by atoms with Crippen LogP contribution in [0.4, 0.5) is 0 Å². The Morgan fingerprint density at radius 2 is 2.03 bits per heavy atom. The Labute approximate surface area is 183 Å². The summed E-state index contributed by atoms with van der Waals surface area (Å²) < 4.78 is 6.53. The topological polar surface area (TPSA) is 88.6 Å². The van der Waals surface area contributed by atoms with Crippen molar-refractivity contribution in [2.75, 3.05) is 13.2 Å². The fourth-order valence-corrected chi connectivity index (χ4v) is 5.33. The van der Waals surface area contributed by atoms with Crippen molar-refractivity contribution in [3.8, 4) is 0 Å². The number of benzene rings is 1. The summed E-state index contributed by atoms with van der Waals surface area (Å²) in [5.74, 6) is -0.626. The summed E-state index contributed by atoms with van der Waals surface area (Å²) in [6, 6.07) is 9.99. The summed E-state index contributed by atoms with van der Waals surface area (Å²) in [5.41, 5.74) is 1.43. The number of ether oxygens (including phenoxy) is 1. The second-order valence-electron chi connectivity index (χ2n) is 7.81. The summed E-state index contributed by atoms with van der Waals surface area (Å²) in [6.07, 6.45) is 4.02. The fourth-order valence-electron chi connectivity index (χ4n) is 4.39. The van der Waals surface area contributed by atoms with Crippen LogP contribution in [0, 0.1) is 0 Å². The van der Waals surface area contributed by atoms with Gasteiger partial charge in [-0.1, -0.05) is 18.2 Å². The zero-order chi connectivity index (χ0) is 21.4. The van der Waals surface area contributed by atoms with E-state index in [1.807, 2.05) is 41.8 Å². The highest BCUT2D eigenvalue weighted by Crippen LogP contribution is 2.29. The molecule has 0 spiro atoms. The molecule has 2 saturated heterocycles. The maximum absolute atomic E-state index is 13.5. The van der Waals surface area contributed by atoms with E-state index < -0.39 is 12.1 Å². The van der Waals surface area contributed by atoms with Crippen LogP contribution in [0.2, 0.25) is 0 Å². The molecule has 2 fully saturated rings. The molecule has 0 saturated carbocycles. The molecule has 3 unspecified atom stereocenters. The first-order valence-electron chi connectivity index (χ1n) is 10.2. The second-order valence-corrected chi connectivity index (χ2v) is 8.72. The second kappa shape index (κ2) is 8.20. The zero-order valence-corrected chi connectivity index (χ0v) is 17.5. The standard InChI is InChI=1S/C23H21N3O4S/c27-18-12-30-19-7-10-26(21(18)19)23(29)17(11-14-5-8-24-9-6-14)25-22(28)16-13-31-20-4-2-1-3-15(16)20/h1-6,8-9,13,17,19,21H,7,10-12H2,(H,25,28). The highest BCUT2D eigenvalue weighted by molar-refractivity contribution is 7.17. The molecule has 158 valence electrons. The van der Waals surface area contributed by atoms with Crippen molar-refractivity contribution in [1.29, 1.82) is 0 Å². The molecule has 2 amide bonds. The number of rotatable bonds is 5. The van der Waals surface area contributed by atoms with Crippen LogP contribution in [-0.2, 0) is 20.7 Å². The Bertz CT molecular complexity index is 1150. The number of hydrogen-bond donors (Lipinski definition) is 1. The number of fused-ring (bicyclic) bond motifs is 2. The molecule has 2 aliphatic heterocycles. The van der Waals surface area contributed by atoms with Gasteiger partial charge in [0.1, 0.15) is 18.7 Å². The number of amides is 2. The molecule has 7 nitrogen and oxygen atoms in total. The lowest BCUT2D eigenvalue weighted by atomic mass is 10.0. The van der Waals surface area contributed by atoms with E-state index in [-0.39, 0.29) is 30.3 Å². The molecule has 0 aliphatic carbocycles. The van der Waals surface area contributed by atoms with Crippen LogP contribution < -0.4 is 5.32 Å². The van der Waals surface area contributed by atoms with E-state index in [9.17, 15) is 14.4 Å². The lowest BCUT2D eigenvalue weighted by Crippen LogP contribution is -2.53. The van der Waals surface area contributed by atoms with Crippen molar-refractivity contribution in [3.05, 3.63) is 65.3 Å². The molecule has 3 atom stereocenters. The maximum atomic E-state index is 13.5. The van der Waals surface area contributed by atoms with Gasteiger partial charge in [0.15, 0.2) is 5.78 Å². The quantitative estimate of drug-likeness (QED) is 0.664. The number of hydrogen-bond acceptors (Lipinski definition) is 6. The normalized spacial score (nSPS) is 21.3. The molecule has 0 bridgehead atoms. The minimum Gasteiger partial charge on any atom is -0.368 e. The number of thiophene rings is 1. The van der Waals surface area contributed by atoms with Crippen molar-refractivity contribution >= 4 is 39.0 Å². The molecule has 1 N–H and O–H groups in total. The third-order valence-corrected chi connectivity index (χ3v) is 6.88. The lowest BCUT2D eigenvalue weighted by molar-refractivity contribution is -0.138. The Morgan fingerprint density at radius 3 is 2.87 bits per heavy atom. The Morgan fingerprint density at radius 1 is 1.23 bits per heavy atom. The number of nitrogens with one attached hydrogen (secondary N) is 1. The first-order chi connectivity index (χ1) is 15.1. The van der Waals surface area contributed by atoms with Gasteiger partial charge in [0.2, 0.25) is 5.91 Å². The summed E-state index contributed by atoms with van der Waals surface area (Å²) in [6.45, 7) is 0.491. The molecule has 1 aromatic carbocycles. The lowest BCUT2D eigenvalue weighted by Gasteiger charge is -2.27. The van der Waals surface area contributed by atoms with E-state index >= 15 is 0 Å². The monoisotopic (exact) mass is 435 g/mol. The van der Waals surface area contributed by atoms with Gasteiger partial charge in [-0.05, 0) is 30.2 Å². The number of likely N-dealkylation sites (tertiary alicyclic amines) is 1. The zero-order valence-electron chi connectivity index (χ0n) is 16.7. The number of Topliss-reactive ketones (excluding diaryl/α,β-unsaturated/α-hetero) is 1. The van der Waals surface area contributed by atoms with E-state index in [0.717, 1.165) is 15.6 Å². The van der Waals surface area contributed by atoms with Crippen LogP contribution >= 0.6 is 11.3 Å². The van der Waals surface area contributed by atoms with Crippen molar-refractivity contribution in [3.63, 3.8) is 0 Å². The highest BCUT2D eigenvalue weighted by Gasteiger charge is 2.48. The van der Waals surface area contributed by atoms with Gasteiger partial charge in [-0.3, -0.25) is 19.4 Å². The largest absolute Gasteiger partial charge is 0.368 e. The molecule has 3 aromatic rings. The number of pyridine rings is 1. The van der Waals surface area contributed by atoms with Crippen LogP contribution in [-0.4, -0.2) is 58.8 Å². The van der Waals surface area contributed by atoms with Crippen LogP contribution in [0.15, 0.2) is 54.2 Å². The van der Waals surface area contributed by atoms with Crippen LogP contribution in [0.1, 0.15) is 22.3 Å². The van der Waals surface area contributed by atoms with E-state index in [0.29, 0.717) is 24.9 Å². The van der Waals surface area contributed by atoms with Gasteiger partial charge in [0, 0.05) is 40.8 Å². The average molecular weight is 436 g/mol. The molecule has 4 heterocycles. The number of aromatic nitrogens is 1. The smallest absolute Gasteiger partial charge is 0.253 e. The van der Waals surface area contributed by atoms with Gasteiger partial charge in [-0.15, -0.1) is 11.3 Å². The predicted molar refractivity (Wildman–Crippen MR) is 116 cm³/mol. The summed E-state index contributed by atoms with van der Waals surface area (Å²) in [7, 11) is 0. The van der Waals surface area contributed by atoms with Gasteiger partial charge >= 0.3 is 0 Å². The number of nitrogens with zero attached hydrogens (tertiary/aromatic N) is 2. The van der Waals surface area contributed by atoms with Crippen molar-refractivity contribution in [1.82, 2.24) is 15.2 Å². The molecule has 8 heteroatoms. The van der Waals surface area contributed by atoms with Crippen LogP contribution in [0.5, 0.6) is 0 Å². The van der Waals surface area contributed by atoms with Gasteiger partial charge in [-0.2, -0.15) is 0 Å². The number of ketones is 1. The third kappa shape index (κ3) is 3.73. The Balaban J connectivity index is 1.42. The minimum absolute atomic E-state index is 0.0430. The van der Waals surface area contributed by atoms with Crippen molar-refractivity contribution in [2.24, 2.45) is 0 Å². The third-order valence-electron chi connectivity index (χ3n) is 5.91. The van der Waals surface area contributed by atoms with Gasteiger partial charge in [0.05, 0.1) is 11.7 Å². The van der Waals surface area contributed by atoms with E-state index in [2.05, 4.69) is 10.3 Å². The molecule has 31 heavy (non-hydrogen) atoms. The first-order valence-corrected chi connectivity index (χ1v) is 11.1. The Hall–Kier alpha value is -3.10. The van der Waals surface area contributed by atoms with E-state index in [4.69, 9.17) is 4.74 Å². The minimum atomic E-state index is -0.791. The molecule has 2 aromatic heterocycles. The molecular formula is C23H21N3O4S. The van der Waals surface area contributed by atoms with E-state index in [1.54, 1.807) is 17.3 Å². The average Bonchev–Trinajstić information content (AvgIpc) is 3.50. The molecule has 2 aliphatic rings. The van der Waals surface area contributed by atoms with Crippen molar-refractivity contribution in [2.45, 2.75) is 31.0 Å². The van der Waals surface area contributed by atoms with Crippen LogP contribution in [0.25, 0.3) is 10.1 Å². The predicted octanol–water partition coefficient (Wildman–Crippen LogP) is 2.21. The summed E-state index contributed by atoms with van der Waals surface area (Å²) in [5, 5.41) is 5.61. The summed E-state index contributed by atoms with van der Waals surface area (Å²) in [4.78, 5) is 44.5. The first kappa shape index (κ1) is 19.8. The number of carbonyl (C=O) groups excluding carboxylic acids is 3. The SMILES string of the molecule is O=C(NC(Cc1ccncc1)C(=O)N1CCC2OCC(=O)C21)c1csc2ccccc12. The number of carbonyl (C=O) groups is 3. The molecule has 5 rings (SSSR count). The van der Waals surface area contributed by atoms with E-state index in [1.165, 1.54) is 11.3 Å². The van der Waals surface area contributed by atoms with Gasteiger partial charge in [-0.25, -0.2) is 0 Å². The van der Waals surface area contributed by atoms with Crippen LogP contribution in [0.3, 0.4) is 0 Å².